The molecule has 0 saturated carbocycles. The van der Waals surface area contributed by atoms with Gasteiger partial charge in [0, 0.05) is 12.1 Å². The molecule has 0 aliphatic heterocycles. The molecule has 76 valence electrons. The van der Waals surface area contributed by atoms with Gasteiger partial charge in [0.1, 0.15) is 5.82 Å². The minimum Gasteiger partial charge on any atom is -0.383 e. The molecule has 0 spiro atoms. The van der Waals surface area contributed by atoms with Gasteiger partial charge in [0.05, 0.1) is 5.69 Å². The molecule has 0 bridgehead atoms. The second-order valence-electron chi connectivity index (χ2n) is 2.99. The fourth-order valence-electron chi connectivity index (χ4n) is 1.07. The average molecular weight is 196 g/mol. The number of hydrogen-bond donors (Lipinski definition) is 2. The molecule has 0 unspecified atom stereocenters. The molecule has 0 aliphatic carbocycles. The molecule has 0 heterocycles. The van der Waals surface area contributed by atoms with E-state index in [-0.39, 0.29) is 5.82 Å². The number of carbonyl (C=O) groups is 1. The van der Waals surface area contributed by atoms with E-state index in [1.807, 2.05) is 6.92 Å². The van der Waals surface area contributed by atoms with E-state index >= 15 is 0 Å². The van der Waals surface area contributed by atoms with Crippen molar-refractivity contribution in [3.63, 3.8) is 0 Å². The van der Waals surface area contributed by atoms with Crippen molar-refractivity contribution in [1.82, 2.24) is 0 Å². The molecule has 0 aliphatic rings. The molecule has 0 radical (unpaired) electrons. The highest BCUT2D eigenvalue weighted by Crippen LogP contribution is 2.15. The molecule has 1 amide bonds. The molecule has 0 aromatic heterocycles. The lowest BCUT2D eigenvalue weighted by Gasteiger charge is -2.06. The Bertz CT molecular complexity index is 339. The summed E-state index contributed by atoms with van der Waals surface area (Å²) in [5, 5.41) is 2.88. The molecule has 0 atom stereocenters. The number of rotatable bonds is 4. The summed E-state index contributed by atoms with van der Waals surface area (Å²) >= 11 is 0. The second kappa shape index (κ2) is 4.60. The standard InChI is InChI=1S/C10H13FN2O/c1-2-5-13-9-6-7(10(12)14)3-4-8(9)11/h3-4,6,13H,2,5H2,1H3,(H2,12,14). The third-order valence-electron chi connectivity index (χ3n) is 1.82. The molecule has 0 fully saturated rings. The first-order valence-corrected chi connectivity index (χ1v) is 4.48. The first-order chi connectivity index (χ1) is 6.65. The molecule has 3 N–H and O–H groups in total. The van der Waals surface area contributed by atoms with Gasteiger partial charge in [-0.15, -0.1) is 0 Å². The van der Waals surface area contributed by atoms with Crippen LogP contribution in [0.2, 0.25) is 0 Å². The van der Waals surface area contributed by atoms with Crippen LogP contribution in [0, 0.1) is 5.82 Å². The number of benzene rings is 1. The molecule has 3 nitrogen and oxygen atoms in total. The summed E-state index contributed by atoms with van der Waals surface area (Å²) < 4.78 is 13.1. The van der Waals surface area contributed by atoms with Gasteiger partial charge in [0.2, 0.25) is 5.91 Å². The fraction of sp³-hybridized carbons (Fsp3) is 0.300. The zero-order valence-corrected chi connectivity index (χ0v) is 8.01. The van der Waals surface area contributed by atoms with Crippen molar-refractivity contribution in [2.45, 2.75) is 13.3 Å². The van der Waals surface area contributed by atoms with Crippen LogP contribution in [0.4, 0.5) is 10.1 Å². The number of anilines is 1. The minimum absolute atomic E-state index is 0.310. The fourth-order valence-corrected chi connectivity index (χ4v) is 1.07. The Labute approximate surface area is 82.1 Å². The third kappa shape index (κ3) is 2.45. The normalized spacial score (nSPS) is 9.86. The Morgan fingerprint density at radius 3 is 2.86 bits per heavy atom. The first-order valence-electron chi connectivity index (χ1n) is 4.48. The molecular formula is C10H13FN2O. The van der Waals surface area contributed by atoms with Crippen LogP contribution in [0.15, 0.2) is 18.2 Å². The molecule has 1 rings (SSSR count). The SMILES string of the molecule is CCCNc1cc(C(N)=O)ccc1F. The van der Waals surface area contributed by atoms with Crippen molar-refractivity contribution < 1.29 is 9.18 Å². The maximum Gasteiger partial charge on any atom is 0.248 e. The average Bonchev–Trinajstić information content (AvgIpc) is 2.16. The van der Waals surface area contributed by atoms with E-state index in [1.54, 1.807) is 0 Å². The smallest absolute Gasteiger partial charge is 0.248 e. The Morgan fingerprint density at radius 1 is 1.57 bits per heavy atom. The zero-order chi connectivity index (χ0) is 10.6. The van der Waals surface area contributed by atoms with Crippen LogP contribution in [0.25, 0.3) is 0 Å². The van der Waals surface area contributed by atoms with Crippen molar-refractivity contribution in [2.75, 3.05) is 11.9 Å². The zero-order valence-electron chi connectivity index (χ0n) is 8.01. The number of halogens is 1. The van der Waals surface area contributed by atoms with Gasteiger partial charge in [-0.1, -0.05) is 6.92 Å². The number of primary amides is 1. The highest BCUT2D eigenvalue weighted by molar-refractivity contribution is 5.93. The maximum atomic E-state index is 13.1. The first kappa shape index (κ1) is 10.5. The van der Waals surface area contributed by atoms with E-state index in [2.05, 4.69) is 5.32 Å². The summed E-state index contributed by atoms with van der Waals surface area (Å²) in [6.07, 6.45) is 0.889. The maximum absolute atomic E-state index is 13.1. The summed E-state index contributed by atoms with van der Waals surface area (Å²) in [6.45, 7) is 2.64. The molecule has 1 aromatic carbocycles. The van der Waals surface area contributed by atoms with Gasteiger partial charge in [-0.25, -0.2) is 4.39 Å². The van der Waals surface area contributed by atoms with Gasteiger partial charge in [-0.05, 0) is 24.6 Å². The van der Waals surface area contributed by atoms with Crippen LogP contribution in [0.1, 0.15) is 23.7 Å². The minimum atomic E-state index is -0.551. The van der Waals surface area contributed by atoms with Crippen molar-refractivity contribution in [3.05, 3.63) is 29.6 Å². The highest BCUT2D eigenvalue weighted by Gasteiger charge is 2.05. The Kier molecular flexibility index (Phi) is 3.45. The van der Waals surface area contributed by atoms with Crippen molar-refractivity contribution in [2.24, 2.45) is 5.73 Å². The number of nitrogens with one attached hydrogen (secondary N) is 1. The summed E-state index contributed by atoms with van der Waals surface area (Å²) in [4.78, 5) is 10.8. The lowest BCUT2D eigenvalue weighted by Crippen LogP contribution is -2.12. The lowest BCUT2D eigenvalue weighted by atomic mass is 10.2. The summed E-state index contributed by atoms with van der Waals surface area (Å²) in [7, 11) is 0. The summed E-state index contributed by atoms with van der Waals surface area (Å²) in [6, 6.07) is 4.03. The number of nitrogens with two attached hydrogens (primary N) is 1. The quantitative estimate of drug-likeness (QED) is 0.770. The van der Waals surface area contributed by atoms with Gasteiger partial charge in [-0.2, -0.15) is 0 Å². The molecule has 0 saturated heterocycles. The third-order valence-corrected chi connectivity index (χ3v) is 1.82. The van der Waals surface area contributed by atoms with Gasteiger partial charge >= 0.3 is 0 Å². The topological polar surface area (TPSA) is 55.1 Å². The lowest BCUT2D eigenvalue weighted by molar-refractivity contribution is 0.100. The van der Waals surface area contributed by atoms with Crippen molar-refractivity contribution >= 4 is 11.6 Å². The summed E-state index contributed by atoms with van der Waals surface area (Å²) in [5.41, 5.74) is 5.70. The van der Waals surface area contributed by atoms with Crippen LogP contribution in [0.5, 0.6) is 0 Å². The Balaban J connectivity index is 2.90. The van der Waals surface area contributed by atoms with E-state index in [1.165, 1.54) is 18.2 Å². The molecule has 1 aromatic rings. The van der Waals surface area contributed by atoms with Crippen molar-refractivity contribution in [1.29, 1.82) is 0 Å². The van der Waals surface area contributed by atoms with Gasteiger partial charge in [0.15, 0.2) is 0 Å². The largest absolute Gasteiger partial charge is 0.383 e. The van der Waals surface area contributed by atoms with Crippen LogP contribution < -0.4 is 11.1 Å². The van der Waals surface area contributed by atoms with Gasteiger partial charge < -0.3 is 11.1 Å². The van der Waals surface area contributed by atoms with E-state index in [4.69, 9.17) is 5.73 Å². The predicted octanol–water partition coefficient (Wildman–Crippen LogP) is 1.75. The van der Waals surface area contributed by atoms with Gasteiger partial charge in [0.25, 0.3) is 0 Å². The monoisotopic (exact) mass is 196 g/mol. The van der Waals surface area contributed by atoms with Crippen LogP contribution in [-0.2, 0) is 0 Å². The second-order valence-corrected chi connectivity index (χ2v) is 2.99. The highest BCUT2D eigenvalue weighted by atomic mass is 19.1. The van der Waals surface area contributed by atoms with E-state index < -0.39 is 5.91 Å². The van der Waals surface area contributed by atoms with Crippen LogP contribution in [-0.4, -0.2) is 12.5 Å². The summed E-state index contributed by atoms with van der Waals surface area (Å²) in [5.74, 6) is -0.923. The van der Waals surface area contributed by atoms with E-state index in [0.29, 0.717) is 17.8 Å². The van der Waals surface area contributed by atoms with Gasteiger partial charge in [-0.3, -0.25) is 4.79 Å². The molecular weight excluding hydrogens is 183 g/mol. The number of carbonyl (C=O) groups excluding carboxylic acids is 1. The van der Waals surface area contributed by atoms with E-state index in [9.17, 15) is 9.18 Å². The van der Waals surface area contributed by atoms with Crippen LogP contribution in [0.3, 0.4) is 0 Å². The molecule has 4 heteroatoms. The molecule has 14 heavy (non-hydrogen) atoms. The van der Waals surface area contributed by atoms with Crippen molar-refractivity contribution in [3.8, 4) is 0 Å². The Morgan fingerprint density at radius 2 is 2.29 bits per heavy atom. The Hall–Kier alpha value is -1.58. The van der Waals surface area contributed by atoms with E-state index in [0.717, 1.165) is 6.42 Å². The predicted molar refractivity (Wildman–Crippen MR) is 53.7 cm³/mol. The number of hydrogen-bond acceptors (Lipinski definition) is 2. The number of amides is 1. The van der Waals surface area contributed by atoms with Crippen LogP contribution >= 0.6 is 0 Å².